The number of likely N-dealkylation sites (tertiary alicyclic amines) is 1. The van der Waals surface area contributed by atoms with Gasteiger partial charge in [0.05, 0.1) is 22.8 Å². The van der Waals surface area contributed by atoms with Crippen LogP contribution in [0.1, 0.15) is 12.0 Å². The Kier molecular flexibility index (Phi) is 4.84. The summed E-state index contributed by atoms with van der Waals surface area (Å²) in [4.78, 5) is 2.29. The minimum Gasteiger partial charge on any atom is -0.392 e. The number of fused-ring (bicyclic) bond motifs is 1. The van der Waals surface area contributed by atoms with Gasteiger partial charge in [0.2, 0.25) is 0 Å². The van der Waals surface area contributed by atoms with Gasteiger partial charge in [-0.2, -0.15) is 5.10 Å². The van der Waals surface area contributed by atoms with Crippen LogP contribution in [0.4, 0.5) is 0 Å². The van der Waals surface area contributed by atoms with Crippen molar-refractivity contribution in [2.24, 2.45) is 0 Å². The number of nitrogens with one attached hydrogen (secondary N) is 1. The molecule has 0 unspecified atom stereocenters. The van der Waals surface area contributed by atoms with Crippen molar-refractivity contribution in [1.82, 2.24) is 15.1 Å². The Morgan fingerprint density at radius 2 is 1.76 bits per heavy atom. The van der Waals surface area contributed by atoms with Crippen LogP contribution in [0.5, 0.6) is 0 Å². The number of halogens is 1. The van der Waals surface area contributed by atoms with E-state index in [9.17, 15) is 5.11 Å². The van der Waals surface area contributed by atoms with Gasteiger partial charge >= 0.3 is 0 Å². The molecule has 1 atom stereocenters. The van der Waals surface area contributed by atoms with E-state index in [1.54, 1.807) is 0 Å². The number of hydrogen-bond donors (Lipinski definition) is 2. The molecule has 0 saturated carbocycles. The van der Waals surface area contributed by atoms with Crippen LogP contribution in [0.25, 0.3) is 33.2 Å². The zero-order chi connectivity index (χ0) is 19.8. The topological polar surface area (TPSA) is 52.1 Å². The summed E-state index contributed by atoms with van der Waals surface area (Å²) in [6, 6.07) is 20.8. The highest BCUT2D eigenvalue weighted by Gasteiger charge is 2.20. The average Bonchev–Trinajstić information content (AvgIpc) is 3.38. The first-order valence-electron chi connectivity index (χ1n) is 9.90. The van der Waals surface area contributed by atoms with Crippen LogP contribution >= 0.6 is 11.6 Å². The van der Waals surface area contributed by atoms with E-state index in [1.165, 1.54) is 5.56 Å². The second-order valence-electron chi connectivity index (χ2n) is 7.68. The number of rotatable bonds is 4. The van der Waals surface area contributed by atoms with Crippen molar-refractivity contribution in [1.29, 1.82) is 0 Å². The largest absolute Gasteiger partial charge is 0.392 e. The highest BCUT2D eigenvalue weighted by molar-refractivity contribution is 6.36. The lowest BCUT2D eigenvalue weighted by Gasteiger charge is -2.15. The minimum atomic E-state index is -0.185. The fourth-order valence-electron chi connectivity index (χ4n) is 4.17. The fourth-order valence-corrected chi connectivity index (χ4v) is 4.51. The van der Waals surface area contributed by atoms with Gasteiger partial charge < -0.3 is 5.11 Å². The fraction of sp³-hybridized carbons (Fsp3) is 0.208. The van der Waals surface area contributed by atoms with Crippen molar-refractivity contribution in [3.8, 4) is 22.3 Å². The van der Waals surface area contributed by atoms with Gasteiger partial charge in [0.25, 0.3) is 0 Å². The average molecular weight is 404 g/mol. The maximum Gasteiger partial charge on any atom is 0.0679 e. The normalized spacial score (nSPS) is 17.2. The monoisotopic (exact) mass is 403 g/mol. The Balaban J connectivity index is 1.46. The maximum absolute atomic E-state index is 9.71. The van der Waals surface area contributed by atoms with E-state index in [-0.39, 0.29) is 6.10 Å². The molecule has 0 radical (unpaired) electrons. The van der Waals surface area contributed by atoms with Gasteiger partial charge in [0.15, 0.2) is 0 Å². The van der Waals surface area contributed by atoms with Crippen molar-refractivity contribution in [3.63, 3.8) is 0 Å². The highest BCUT2D eigenvalue weighted by atomic mass is 35.5. The van der Waals surface area contributed by atoms with Crippen LogP contribution in [0.15, 0.2) is 66.9 Å². The van der Waals surface area contributed by atoms with Crippen molar-refractivity contribution < 1.29 is 5.11 Å². The molecule has 4 nitrogen and oxygen atoms in total. The molecule has 1 fully saturated rings. The Labute approximate surface area is 174 Å². The zero-order valence-corrected chi connectivity index (χ0v) is 16.7. The molecule has 0 spiro atoms. The zero-order valence-electron chi connectivity index (χ0n) is 16.0. The number of nitrogens with zero attached hydrogens (tertiary/aromatic N) is 2. The SMILES string of the molecule is O[C@H]1CCN(Cc2ccc(-c3cccc(-c4cccc5[nH]ncc45)c3Cl)cc2)C1. The van der Waals surface area contributed by atoms with Gasteiger partial charge in [0, 0.05) is 36.1 Å². The number of aromatic nitrogens is 2. The summed E-state index contributed by atoms with van der Waals surface area (Å²) >= 11 is 6.87. The number of benzene rings is 3. The number of aromatic amines is 1. The van der Waals surface area contributed by atoms with E-state index in [4.69, 9.17) is 11.6 Å². The lowest BCUT2D eigenvalue weighted by molar-refractivity contribution is 0.175. The van der Waals surface area contributed by atoms with E-state index in [0.717, 1.165) is 64.2 Å². The molecule has 1 aliphatic heterocycles. The molecule has 1 saturated heterocycles. The number of β-amino-alcohol motifs (C(OH)–C–C–N with tert-alkyl or cyclic N) is 1. The van der Waals surface area contributed by atoms with Crippen molar-refractivity contribution in [2.75, 3.05) is 13.1 Å². The molecule has 0 aliphatic carbocycles. The number of hydrogen-bond acceptors (Lipinski definition) is 3. The molecule has 0 bridgehead atoms. The van der Waals surface area contributed by atoms with Crippen LogP contribution in [-0.2, 0) is 6.54 Å². The molecule has 0 amide bonds. The van der Waals surface area contributed by atoms with Crippen LogP contribution in [0, 0.1) is 0 Å². The Bertz CT molecular complexity index is 1150. The second-order valence-corrected chi connectivity index (χ2v) is 8.06. The standard InChI is InChI=1S/C24H22ClN3O/c25-24-19(17-9-7-16(8-10-17)14-28-12-11-18(29)15-28)3-1-5-21(24)20-4-2-6-23-22(20)13-26-27-23/h1-10,13,18,29H,11-12,14-15H2,(H,26,27)/t18-/m0/s1. The molecule has 1 aromatic heterocycles. The van der Waals surface area contributed by atoms with E-state index >= 15 is 0 Å². The molecule has 5 heteroatoms. The molecule has 3 aromatic carbocycles. The van der Waals surface area contributed by atoms with E-state index in [2.05, 4.69) is 63.6 Å². The molecule has 5 rings (SSSR count). The highest BCUT2D eigenvalue weighted by Crippen LogP contribution is 2.38. The van der Waals surface area contributed by atoms with Gasteiger partial charge in [-0.3, -0.25) is 10.00 Å². The summed E-state index contributed by atoms with van der Waals surface area (Å²) in [6.07, 6.45) is 2.53. The summed E-state index contributed by atoms with van der Waals surface area (Å²) in [5.74, 6) is 0. The van der Waals surface area contributed by atoms with E-state index < -0.39 is 0 Å². The molecular weight excluding hydrogens is 382 g/mol. The third-order valence-corrected chi connectivity index (χ3v) is 6.10. The van der Waals surface area contributed by atoms with Crippen LogP contribution in [0.2, 0.25) is 5.02 Å². The van der Waals surface area contributed by atoms with Crippen LogP contribution < -0.4 is 0 Å². The van der Waals surface area contributed by atoms with Crippen molar-refractivity contribution in [2.45, 2.75) is 19.1 Å². The molecule has 2 N–H and O–H groups in total. The summed E-state index contributed by atoms with van der Waals surface area (Å²) < 4.78 is 0. The predicted octanol–water partition coefficient (Wildman–Crippen LogP) is 5.12. The molecular formula is C24H22ClN3O. The summed E-state index contributed by atoms with van der Waals surface area (Å²) in [7, 11) is 0. The van der Waals surface area contributed by atoms with Gasteiger partial charge in [0.1, 0.15) is 0 Å². The first-order valence-corrected chi connectivity index (χ1v) is 10.3. The third kappa shape index (κ3) is 3.55. The van der Waals surface area contributed by atoms with Crippen molar-refractivity contribution in [3.05, 3.63) is 77.4 Å². The molecule has 4 aromatic rings. The molecule has 29 heavy (non-hydrogen) atoms. The Hall–Kier alpha value is -2.66. The lowest BCUT2D eigenvalue weighted by Crippen LogP contribution is -2.21. The molecule has 2 heterocycles. The van der Waals surface area contributed by atoms with Gasteiger partial charge in [-0.25, -0.2) is 0 Å². The van der Waals surface area contributed by atoms with E-state index in [0.29, 0.717) is 0 Å². The first kappa shape index (κ1) is 18.4. The quantitative estimate of drug-likeness (QED) is 0.497. The molecule has 146 valence electrons. The summed E-state index contributed by atoms with van der Waals surface area (Å²) in [5, 5.41) is 18.7. The van der Waals surface area contributed by atoms with Gasteiger partial charge in [-0.1, -0.05) is 66.2 Å². The molecule has 1 aliphatic rings. The Morgan fingerprint density at radius 1 is 1.00 bits per heavy atom. The number of H-pyrrole nitrogens is 1. The van der Waals surface area contributed by atoms with Crippen molar-refractivity contribution >= 4 is 22.5 Å². The van der Waals surface area contributed by atoms with Crippen LogP contribution in [-0.4, -0.2) is 39.4 Å². The minimum absolute atomic E-state index is 0.185. The van der Waals surface area contributed by atoms with Gasteiger partial charge in [-0.05, 0) is 29.2 Å². The smallest absolute Gasteiger partial charge is 0.0679 e. The number of aliphatic hydroxyl groups excluding tert-OH is 1. The third-order valence-electron chi connectivity index (χ3n) is 5.69. The number of aliphatic hydroxyl groups is 1. The van der Waals surface area contributed by atoms with E-state index in [1.807, 2.05) is 18.3 Å². The first-order chi connectivity index (χ1) is 14.2. The predicted molar refractivity (Wildman–Crippen MR) is 118 cm³/mol. The maximum atomic E-state index is 9.71. The second kappa shape index (κ2) is 7.64. The summed E-state index contributed by atoms with van der Waals surface area (Å²) in [6.45, 7) is 2.58. The lowest BCUT2D eigenvalue weighted by atomic mass is 9.96. The van der Waals surface area contributed by atoms with Crippen LogP contribution in [0.3, 0.4) is 0 Å². The summed E-state index contributed by atoms with van der Waals surface area (Å²) in [5.41, 5.74) is 6.45. The van der Waals surface area contributed by atoms with Gasteiger partial charge in [-0.15, -0.1) is 0 Å². The Morgan fingerprint density at radius 3 is 2.55 bits per heavy atom.